The van der Waals surface area contributed by atoms with Crippen molar-refractivity contribution < 1.29 is 5.11 Å². The minimum atomic E-state index is 0.296. The quantitative estimate of drug-likeness (QED) is 0.857. The zero-order valence-electron chi connectivity index (χ0n) is 12.0. The van der Waals surface area contributed by atoms with E-state index in [1.807, 2.05) is 13.0 Å². The number of aromatic hydroxyl groups is 1. The average Bonchev–Trinajstić information content (AvgIpc) is 2.27. The minimum Gasteiger partial charge on any atom is -0.508 e. The normalized spacial score (nSPS) is 21.8. The van der Waals surface area contributed by atoms with Crippen LogP contribution in [0.25, 0.3) is 0 Å². The van der Waals surface area contributed by atoms with Gasteiger partial charge in [-0.1, -0.05) is 26.0 Å². The number of likely N-dealkylation sites (tertiary alicyclic amines) is 1. The van der Waals surface area contributed by atoms with Crippen LogP contribution in [0.4, 0.5) is 0 Å². The van der Waals surface area contributed by atoms with Crippen LogP contribution < -0.4 is 0 Å². The second-order valence-electron chi connectivity index (χ2n) is 6.48. The lowest BCUT2D eigenvalue weighted by Gasteiger charge is -2.41. The number of aryl methyl sites for hydroxylation is 1. The summed E-state index contributed by atoms with van der Waals surface area (Å²) in [5.41, 5.74) is 2.56. The Hall–Kier alpha value is -1.02. The van der Waals surface area contributed by atoms with Gasteiger partial charge in [0.05, 0.1) is 0 Å². The summed E-state index contributed by atoms with van der Waals surface area (Å²) >= 11 is 0. The molecule has 0 aromatic heterocycles. The summed E-state index contributed by atoms with van der Waals surface area (Å²) in [5.74, 6) is 0.436. The van der Waals surface area contributed by atoms with Gasteiger partial charge in [-0.15, -0.1) is 0 Å². The fourth-order valence-corrected chi connectivity index (χ4v) is 3.00. The van der Waals surface area contributed by atoms with Crippen LogP contribution in [0.15, 0.2) is 18.2 Å². The van der Waals surface area contributed by atoms with E-state index in [9.17, 15) is 5.11 Å². The number of rotatable bonds is 2. The molecular weight excluding hydrogens is 222 g/mol. The third kappa shape index (κ3) is 2.86. The molecule has 1 unspecified atom stereocenters. The predicted octanol–water partition coefficient (Wildman–Crippen LogP) is 3.88. The Morgan fingerprint density at radius 3 is 2.67 bits per heavy atom. The van der Waals surface area contributed by atoms with Gasteiger partial charge >= 0.3 is 0 Å². The van der Waals surface area contributed by atoms with Crippen molar-refractivity contribution >= 4 is 0 Å². The molecule has 2 rings (SSSR count). The molecule has 2 heteroatoms. The van der Waals surface area contributed by atoms with E-state index in [1.165, 1.54) is 12.8 Å². The molecule has 1 N–H and O–H groups in total. The highest BCUT2D eigenvalue weighted by molar-refractivity contribution is 5.37. The van der Waals surface area contributed by atoms with Crippen molar-refractivity contribution in [3.8, 4) is 5.75 Å². The van der Waals surface area contributed by atoms with Gasteiger partial charge in [0, 0.05) is 18.2 Å². The number of phenolic OH excluding ortho intramolecular Hbond substituents is 1. The van der Waals surface area contributed by atoms with Crippen molar-refractivity contribution in [1.82, 2.24) is 4.90 Å². The molecular formula is C16H25NO. The van der Waals surface area contributed by atoms with Gasteiger partial charge in [-0.05, 0) is 50.3 Å². The Morgan fingerprint density at radius 2 is 2.06 bits per heavy atom. The maximum absolute atomic E-state index is 10.1. The highest BCUT2D eigenvalue weighted by atomic mass is 16.3. The van der Waals surface area contributed by atoms with Gasteiger partial charge in [0.25, 0.3) is 0 Å². The van der Waals surface area contributed by atoms with Crippen molar-refractivity contribution in [2.75, 3.05) is 13.1 Å². The molecule has 1 saturated heterocycles. The van der Waals surface area contributed by atoms with Crippen LogP contribution in [-0.4, -0.2) is 23.1 Å². The summed E-state index contributed by atoms with van der Waals surface area (Å²) in [7, 11) is 0. The fourth-order valence-electron chi connectivity index (χ4n) is 3.00. The number of phenols is 1. The van der Waals surface area contributed by atoms with E-state index in [2.05, 4.69) is 37.8 Å². The van der Waals surface area contributed by atoms with Gasteiger partial charge in [0.1, 0.15) is 5.75 Å². The topological polar surface area (TPSA) is 23.5 Å². The lowest BCUT2D eigenvalue weighted by Crippen LogP contribution is -2.41. The lowest BCUT2D eigenvalue weighted by molar-refractivity contribution is 0.0836. The maximum atomic E-state index is 10.1. The number of hydrogen-bond acceptors (Lipinski definition) is 2. The summed E-state index contributed by atoms with van der Waals surface area (Å²) in [5, 5.41) is 10.1. The Morgan fingerprint density at radius 1 is 1.33 bits per heavy atom. The van der Waals surface area contributed by atoms with Gasteiger partial charge in [-0.3, -0.25) is 4.90 Å². The number of hydrogen-bond donors (Lipinski definition) is 1. The van der Waals surface area contributed by atoms with Gasteiger partial charge in [-0.2, -0.15) is 0 Å². The van der Waals surface area contributed by atoms with E-state index in [0.29, 0.717) is 17.2 Å². The number of benzene rings is 1. The lowest BCUT2D eigenvalue weighted by atomic mass is 9.83. The molecule has 1 aromatic carbocycles. The Kier molecular flexibility index (Phi) is 3.67. The molecule has 0 aliphatic carbocycles. The van der Waals surface area contributed by atoms with Gasteiger partial charge < -0.3 is 5.11 Å². The first kappa shape index (κ1) is 13.4. The molecule has 18 heavy (non-hydrogen) atoms. The van der Waals surface area contributed by atoms with Gasteiger partial charge in [-0.25, -0.2) is 0 Å². The molecule has 0 spiro atoms. The summed E-state index contributed by atoms with van der Waals surface area (Å²) < 4.78 is 0. The molecule has 1 heterocycles. The largest absolute Gasteiger partial charge is 0.508 e. The summed E-state index contributed by atoms with van der Waals surface area (Å²) in [6.45, 7) is 11.1. The summed E-state index contributed by atoms with van der Waals surface area (Å²) in [6.07, 6.45) is 2.56. The zero-order chi connectivity index (χ0) is 13.3. The standard InChI is InChI=1S/C16H25NO/c1-12-6-7-14(15(18)10-12)13(2)17-9-5-8-16(3,4)11-17/h6-7,10,13,18H,5,8-9,11H2,1-4H3. The molecule has 1 atom stereocenters. The maximum Gasteiger partial charge on any atom is 0.120 e. The van der Waals surface area contributed by atoms with E-state index in [-0.39, 0.29) is 0 Å². The van der Waals surface area contributed by atoms with Crippen LogP contribution in [0.5, 0.6) is 5.75 Å². The van der Waals surface area contributed by atoms with Crippen molar-refractivity contribution in [1.29, 1.82) is 0 Å². The van der Waals surface area contributed by atoms with Crippen LogP contribution in [0.2, 0.25) is 0 Å². The predicted molar refractivity (Wildman–Crippen MR) is 75.8 cm³/mol. The van der Waals surface area contributed by atoms with Crippen molar-refractivity contribution in [3.63, 3.8) is 0 Å². The molecule has 1 fully saturated rings. The van der Waals surface area contributed by atoms with Gasteiger partial charge in [0.2, 0.25) is 0 Å². The first-order valence-electron chi connectivity index (χ1n) is 6.93. The smallest absolute Gasteiger partial charge is 0.120 e. The van der Waals surface area contributed by atoms with Crippen LogP contribution >= 0.6 is 0 Å². The first-order chi connectivity index (χ1) is 8.39. The molecule has 100 valence electrons. The van der Waals surface area contributed by atoms with Crippen molar-refractivity contribution in [3.05, 3.63) is 29.3 Å². The van der Waals surface area contributed by atoms with Crippen molar-refractivity contribution in [2.45, 2.75) is 46.6 Å². The molecule has 0 radical (unpaired) electrons. The highest BCUT2D eigenvalue weighted by Gasteiger charge is 2.30. The van der Waals surface area contributed by atoms with Gasteiger partial charge in [0.15, 0.2) is 0 Å². The van der Waals surface area contributed by atoms with E-state index < -0.39 is 0 Å². The van der Waals surface area contributed by atoms with E-state index >= 15 is 0 Å². The number of nitrogens with zero attached hydrogens (tertiary/aromatic N) is 1. The monoisotopic (exact) mass is 247 g/mol. The second-order valence-corrected chi connectivity index (χ2v) is 6.48. The average molecular weight is 247 g/mol. The third-order valence-electron chi connectivity index (χ3n) is 4.11. The number of piperidine rings is 1. The second kappa shape index (κ2) is 4.93. The molecule has 1 aliphatic heterocycles. The Labute approximate surface area is 111 Å². The minimum absolute atomic E-state index is 0.296. The summed E-state index contributed by atoms with van der Waals surface area (Å²) in [4.78, 5) is 2.49. The Bertz CT molecular complexity index is 425. The third-order valence-corrected chi connectivity index (χ3v) is 4.11. The molecule has 0 amide bonds. The van der Waals surface area contributed by atoms with E-state index in [1.54, 1.807) is 0 Å². The van der Waals surface area contributed by atoms with Crippen LogP contribution in [0.1, 0.15) is 50.8 Å². The summed E-state index contributed by atoms with van der Waals surface area (Å²) in [6, 6.07) is 6.31. The van der Waals surface area contributed by atoms with Crippen LogP contribution in [-0.2, 0) is 0 Å². The zero-order valence-corrected chi connectivity index (χ0v) is 12.0. The molecule has 0 bridgehead atoms. The first-order valence-corrected chi connectivity index (χ1v) is 6.93. The molecule has 2 nitrogen and oxygen atoms in total. The van der Waals surface area contributed by atoms with E-state index in [4.69, 9.17) is 0 Å². The highest BCUT2D eigenvalue weighted by Crippen LogP contribution is 2.36. The molecule has 1 aliphatic rings. The van der Waals surface area contributed by atoms with Crippen LogP contribution in [0.3, 0.4) is 0 Å². The molecule has 0 saturated carbocycles. The van der Waals surface area contributed by atoms with Crippen LogP contribution in [0, 0.1) is 12.3 Å². The van der Waals surface area contributed by atoms with E-state index in [0.717, 1.165) is 24.2 Å². The fraction of sp³-hybridized carbons (Fsp3) is 0.625. The van der Waals surface area contributed by atoms with Crippen molar-refractivity contribution in [2.24, 2.45) is 5.41 Å². The SMILES string of the molecule is Cc1ccc(C(C)N2CCCC(C)(C)C2)c(O)c1. The Balaban J connectivity index is 2.17. The molecule has 1 aromatic rings.